The molecule has 6 nitrogen and oxygen atoms in total. The van der Waals surface area contributed by atoms with E-state index in [0.29, 0.717) is 46.7 Å². The lowest BCUT2D eigenvalue weighted by Crippen LogP contribution is -2.36. The monoisotopic (exact) mass is 433 g/mol. The number of carbonyl (C=O) groups is 2. The number of hydrogen-bond donors (Lipinski definition) is 1. The number of rotatable bonds is 5. The molecular weight excluding hydrogens is 406 g/mol. The number of hydrogen-bond acceptors (Lipinski definition) is 6. The van der Waals surface area contributed by atoms with Crippen molar-refractivity contribution in [2.75, 3.05) is 21.3 Å². The first-order valence-corrected chi connectivity index (χ1v) is 10.6. The van der Waals surface area contributed by atoms with E-state index in [4.69, 9.17) is 14.2 Å². The Hall–Kier alpha value is -3.54. The summed E-state index contributed by atoms with van der Waals surface area (Å²) in [6.07, 6.45) is 1.06. The number of Topliss-reactive ketones (excluding diaryl/α,β-unsaturated/α-hetero) is 1. The van der Waals surface area contributed by atoms with Crippen LogP contribution < -0.4 is 14.8 Å². The zero-order chi connectivity index (χ0) is 22.8. The predicted molar refractivity (Wildman–Crippen MR) is 121 cm³/mol. The minimum Gasteiger partial charge on any atom is -0.497 e. The van der Waals surface area contributed by atoms with Crippen molar-refractivity contribution in [3.8, 4) is 11.5 Å². The smallest absolute Gasteiger partial charge is 0.336 e. The third-order valence-corrected chi connectivity index (χ3v) is 6.25. The molecule has 0 spiro atoms. The summed E-state index contributed by atoms with van der Waals surface area (Å²) < 4.78 is 16.1. The summed E-state index contributed by atoms with van der Waals surface area (Å²) in [5.74, 6) is 0.208. The fraction of sp³-hybridized carbons (Fsp3) is 0.308. The van der Waals surface area contributed by atoms with Gasteiger partial charge in [-0.2, -0.15) is 0 Å². The number of allylic oxidation sites excluding steroid dienone is 3. The van der Waals surface area contributed by atoms with E-state index in [1.165, 1.54) is 7.11 Å². The van der Waals surface area contributed by atoms with Crippen LogP contribution in [0.3, 0.4) is 0 Å². The Balaban J connectivity index is 1.88. The number of esters is 1. The highest BCUT2D eigenvalue weighted by Gasteiger charge is 2.42. The van der Waals surface area contributed by atoms with Crippen molar-refractivity contribution < 1.29 is 23.8 Å². The molecule has 0 saturated carbocycles. The van der Waals surface area contributed by atoms with E-state index in [2.05, 4.69) is 17.4 Å². The molecule has 0 aromatic heterocycles. The Kier molecular flexibility index (Phi) is 6.04. The van der Waals surface area contributed by atoms with Crippen LogP contribution in [-0.2, 0) is 14.3 Å². The van der Waals surface area contributed by atoms with Crippen molar-refractivity contribution in [2.24, 2.45) is 0 Å². The Bertz CT molecular complexity index is 1120. The van der Waals surface area contributed by atoms with Gasteiger partial charge in [0, 0.05) is 29.0 Å². The minimum atomic E-state index is -0.604. The van der Waals surface area contributed by atoms with E-state index >= 15 is 0 Å². The van der Waals surface area contributed by atoms with Gasteiger partial charge in [0.2, 0.25) is 0 Å². The van der Waals surface area contributed by atoms with Gasteiger partial charge in [-0.05, 0) is 43.0 Å². The van der Waals surface area contributed by atoms with Crippen LogP contribution in [0, 0.1) is 0 Å². The first-order chi connectivity index (χ1) is 15.5. The van der Waals surface area contributed by atoms with Gasteiger partial charge in [-0.1, -0.05) is 30.3 Å². The maximum atomic E-state index is 13.6. The van der Waals surface area contributed by atoms with Crippen LogP contribution in [0.5, 0.6) is 11.5 Å². The standard InChI is InChI=1S/C26H27NO5/c1-15-23(26(29)32-4)24(19-14-18(30-2)10-11-22(19)31-3)25-20(27-15)12-17(13-21(25)28)16-8-6-5-7-9-16/h5-11,14,17,24,27H,12-13H2,1-4H3. The maximum absolute atomic E-state index is 13.6. The molecule has 1 aliphatic heterocycles. The van der Waals surface area contributed by atoms with E-state index in [9.17, 15) is 9.59 Å². The molecule has 2 atom stereocenters. The summed E-state index contributed by atoms with van der Waals surface area (Å²) in [6.45, 7) is 1.84. The van der Waals surface area contributed by atoms with Gasteiger partial charge in [-0.15, -0.1) is 0 Å². The molecule has 4 rings (SSSR count). The highest BCUT2D eigenvalue weighted by molar-refractivity contribution is 6.04. The van der Waals surface area contributed by atoms with Crippen LogP contribution in [0.2, 0.25) is 0 Å². The van der Waals surface area contributed by atoms with Crippen molar-refractivity contribution in [2.45, 2.75) is 31.6 Å². The van der Waals surface area contributed by atoms with Crippen LogP contribution in [-0.4, -0.2) is 33.1 Å². The van der Waals surface area contributed by atoms with Crippen LogP contribution in [0.25, 0.3) is 0 Å². The summed E-state index contributed by atoms with van der Waals surface area (Å²) in [7, 11) is 4.50. The normalized spacial score (nSPS) is 20.4. The molecule has 166 valence electrons. The second kappa shape index (κ2) is 8.91. The summed E-state index contributed by atoms with van der Waals surface area (Å²) in [5, 5.41) is 3.35. The van der Waals surface area contributed by atoms with E-state index in [-0.39, 0.29) is 11.7 Å². The fourth-order valence-electron chi connectivity index (χ4n) is 4.76. The number of carbonyl (C=O) groups excluding carboxylic acids is 2. The van der Waals surface area contributed by atoms with Crippen molar-refractivity contribution >= 4 is 11.8 Å². The quantitative estimate of drug-likeness (QED) is 0.711. The molecule has 1 N–H and O–H groups in total. The molecule has 32 heavy (non-hydrogen) atoms. The molecule has 0 fully saturated rings. The molecule has 2 aromatic rings. The first kappa shape index (κ1) is 21.7. The number of dihydropyridines is 1. The van der Waals surface area contributed by atoms with Crippen molar-refractivity contribution in [1.29, 1.82) is 0 Å². The van der Waals surface area contributed by atoms with Crippen LogP contribution in [0.4, 0.5) is 0 Å². The third-order valence-electron chi connectivity index (χ3n) is 6.25. The van der Waals surface area contributed by atoms with Gasteiger partial charge in [0.15, 0.2) is 5.78 Å². The van der Waals surface area contributed by atoms with E-state index in [0.717, 1.165) is 11.3 Å². The average molecular weight is 434 g/mol. The largest absolute Gasteiger partial charge is 0.497 e. The van der Waals surface area contributed by atoms with Gasteiger partial charge in [0.05, 0.1) is 32.8 Å². The fourth-order valence-corrected chi connectivity index (χ4v) is 4.76. The molecule has 0 saturated heterocycles. The number of benzene rings is 2. The van der Waals surface area contributed by atoms with Crippen molar-refractivity contribution in [3.63, 3.8) is 0 Å². The third kappa shape index (κ3) is 3.77. The van der Waals surface area contributed by atoms with Gasteiger partial charge in [-0.3, -0.25) is 4.79 Å². The lowest BCUT2D eigenvalue weighted by molar-refractivity contribution is -0.136. The summed E-state index contributed by atoms with van der Waals surface area (Å²) in [4.78, 5) is 26.4. The summed E-state index contributed by atoms with van der Waals surface area (Å²) in [5.41, 5.74) is 4.35. The highest BCUT2D eigenvalue weighted by Crippen LogP contribution is 2.48. The first-order valence-electron chi connectivity index (χ1n) is 10.6. The summed E-state index contributed by atoms with van der Waals surface area (Å²) >= 11 is 0. The van der Waals surface area contributed by atoms with Gasteiger partial charge in [0.25, 0.3) is 0 Å². The van der Waals surface area contributed by atoms with E-state index in [1.54, 1.807) is 26.4 Å². The molecule has 0 amide bonds. The predicted octanol–water partition coefficient (Wildman–Crippen LogP) is 4.24. The molecule has 2 unspecified atom stereocenters. The zero-order valence-corrected chi connectivity index (χ0v) is 18.7. The Labute approximate surface area is 187 Å². The van der Waals surface area contributed by atoms with Crippen LogP contribution in [0.1, 0.15) is 42.7 Å². The van der Waals surface area contributed by atoms with Crippen molar-refractivity contribution in [1.82, 2.24) is 5.32 Å². The molecule has 2 aliphatic rings. The molecule has 1 heterocycles. The van der Waals surface area contributed by atoms with Gasteiger partial charge < -0.3 is 19.5 Å². The average Bonchev–Trinajstić information content (AvgIpc) is 2.82. The zero-order valence-electron chi connectivity index (χ0n) is 18.7. The van der Waals surface area contributed by atoms with Crippen molar-refractivity contribution in [3.05, 3.63) is 82.2 Å². The molecule has 0 radical (unpaired) electrons. The van der Waals surface area contributed by atoms with Gasteiger partial charge >= 0.3 is 5.97 Å². The van der Waals surface area contributed by atoms with Gasteiger partial charge in [0.1, 0.15) is 11.5 Å². The number of nitrogens with one attached hydrogen (secondary N) is 1. The summed E-state index contributed by atoms with van der Waals surface area (Å²) in [6, 6.07) is 15.5. The highest BCUT2D eigenvalue weighted by atomic mass is 16.5. The number of ketones is 1. The topological polar surface area (TPSA) is 73.9 Å². The number of ether oxygens (including phenoxy) is 3. The maximum Gasteiger partial charge on any atom is 0.336 e. The molecule has 0 bridgehead atoms. The second-order valence-corrected chi connectivity index (χ2v) is 8.03. The van der Waals surface area contributed by atoms with E-state index < -0.39 is 11.9 Å². The van der Waals surface area contributed by atoms with Crippen LogP contribution in [0.15, 0.2) is 71.1 Å². The molecule has 1 aliphatic carbocycles. The molecule has 6 heteroatoms. The SMILES string of the molecule is COC(=O)C1=C(C)NC2=C(C(=O)CC(c3ccccc3)C2)C1c1cc(OC)ccc1OC. The Morgan fingerprint density at radius 3 is 2.41 bits per heavy atom. The number of methoxy groups -OCH3 is 3. The van der Waals surface area contributed by atoms with E-state index in [1.807, 2.05) is 31.2 Å². The second-order valence-electron chi connectivity index (χ2n) is 8.03. The lowest BCUT2D eigenvalue weighted by Gasteiger charge is -2.37. The Morgan fingerprint density at radius 2 is 1.75 bits per heavy atom. The van der Waals surface area contributed by atoms with Gasteiger partial charge in [-0.25, -0.2) is 4.79 Å². The van der Waals surface area contributed by atoms with Crippen LogP contribution >= 0.6 is 0 Å². The Morgan fingerprint density at radius 1 is 1.00 bits per heavy atom. The molecule has 2 aromatic carbocycles. The molecular formula is C26H27NO5. The minimum absolute atomic E-state index is 0.0105. The lowest BCUT2D eigenvalue weighted by atomic mass is 9.71.